The zero-order valence-corrected chi connectivity index (χ0v) is 19.2. The first-order valence-corrected chi connectivity index (χ1v) is 11.9. The van der Waals surface area contributed by atoms with Crippen molar-refractivity contribution in [1.82, 2.24) is 14.7 Å². The number of carbonyl (C=O) groups is 2. The van der Waals surface area contributed by atoms with E-state index in [9.17, 15) is 14.0 Å². The van der Waals surface area contributed by atoms with E-state index in [0.717, 1.165) is 19.6 Å². The van der Waals surface area contributed by atoms with E-state index in [0.29, 0.717) is 35.7 Å². The minimum Gasteiger partial charge on any atom is -0.497 e. The monoisotopic (exact) mass is 457 g/mol. The fourth-order valence-corrected chi connectivity index (χ4v) is 5.65. The van der Waals surface area contributed by atoms with Gasteiger partial charge in [-0.3, -0.25) is 9.59 Å². The van der Waals surface area contributed by atoms with Gasteiger partial charge in [0, 0.05) is 37.5 Å². The van der Waals surface area contributed by atoms with Crippen molar-refractivity contribution in [2.24, 2.45) is 0 Å². The standard InChI is InChI=1S/C24H28FN3O3S/c1-3-26-11-13-27(14-12-26)23(30)21-16-32-24(18-5-4-6-19(25)15-18)28(21)22(29)17-7-9-20(31-2)10-8-17/h4-10,15,21,24H,3,11-14,16H2,1-2H3. The molecule has 2 aromatic carbocycles. The van der Waals surface area contributed by atoms with Crippen molar-refractivity contribution < 1.29 is 18.7 Å². The highest BCUT2D eigenvalue weighted by atomic mass is 32.2. The highest BCUT2D eigenvalue weighted by Gasteiger charge is 2.44. The summed E-state index contributed by atoms with van der Waals surface area (Å²) in [4.78, 5) is 32.9. The number of methoxy groups -OCH3 is 1. The van der Waals surface area contributed by atoms with Crippen molar-refractivity contribution in [3.05, 3.63) is 65.5 Å². The molecule has 0 spiro atoms. The van der Waals surface area contributed by atoms with Crippen LogP contribution >= 0.6 is 11.8 Å². The number of hydrogen-bond acceptors (Lipinski definition) is 5. The van der Waals surface area contributed by atoms with Crippen LogP contribution in [0.1, 0.15) is 28.2 Å². The summed E-state index contributed by atoms with van der Waals surface area (Å²) in [5.41, 5.74) is 1.16. The first kappa shape index (κ1) is 22.6. The fraction of sp³-hybridized carbons (Fsp3) is 0.417. The summed E-state index contributed by atoms with van der Waals surface area (Å²) >= 11 is 1.50. The third kappa shape index (κ3) is 4.61. The predicted molar refractivity (Wildman–Crippen MR) is 123 cm³/mol. The minimum absolute atomic E-state index is 0.0333. The van der Waals surface area contributed by atoms with Gasteiger partial charge in [0.25, 0.3) is 5.91 Å². The molecule has 2 saturated heterocycles. The number of carbonyl (C=O) groups excluding carboxylic acids is 2. The van der Waals surface area contributed by atoms with Crippen molar-refractivity contribution in [3.63, 3.8) is 0 Å². The predicted octanol–water partition coefficient (Wildman–Crippen LogP) is 3.25. The molecule has 2 atom stereocenters. The molecule has 0 N–H and O–H groups in total. The number of halogens is 1. The third-order valence-corrected chi connectivity index (χ3v) is 7.45. The highest BCUT2D eigenvalue weighted by molar-refractivity contribution is 7.99. The lowest BCUT2D eigenvalue weighted by molar-refractivity contribution is -0.137. The van der Waals surface area contributed by atoms with Gasteiger partial charge in [0.2, 0.25) is 5.91 Å². The van der Waals surface area contributed by atoms with Crippen LogP contribution in [0.25, 0.3) is 0 Å². The second-order valence-electron chi connectivity index (χ2n) is 7.96. The quantitative estimate of drug-likeness (QED) is 0.690. The average molecular weight is 458 g/mol. The Labute approximate surface area is 192 Å². The summed E-state index contributed by atoms with van der Waals surface area (Å²) in [6.45, 7) is 6.06. The van der Waals surface area contributed by atoms with E-state index in [-0.39, 0.29) is 17.6 Å². The smallest absolute Gasteiger partial charge is 0.255 e. The van der Waals surface area contributed by atoms with Gasteiger partial charge in [0.1, 0.15) is 23.0 Å². The van der Waals surface area contributed by atoms with E-state index in [1.165, 1.54) is 23.9 Å². The number of amides is 2. The topological polar surface area (TPSA) is 53.1 Å². The van der Waals surface area contributed by atoms with E-state index in [4.69, 9.17) is 4.74 Å². The lowest BCUT2D eigenvalue weighted by Gasteiger charge is -2.37. The molecular formula is C24H28FN3O3S. The van der Waals surface area contributed by atoms with E-state index in [1.807, 2.05) is 11.0 Å². The number of nitrogens with zero attached hydrogens (tertiary/aromatic N) is 3. The Morgan fingerprint density at radius 2 is 1.81 bits per heavy atom. The molecule has 2 heterocycles. The van der Waals surface area contributed by atoms with Gasteiger partial charge in [-0.05, 0) is 48.5 Å². The van der Waals surface area contributed by atoms with Crippen molar-refractivity contribution in [2.45, 2.75) is 18.3 Å². The molecule has 0 bridgehead atoms. The maximum absolute atomic E-state index is 14.0. The number of thioether (sulfide) groups is 1. The Bertz CT molecular complexity index is 963. The summed E-state index contributed by atoms with van der Waals surface area (Å²) in [6.07, 6.45) is 0. The number of piperazine rings is 1. The number of benzene rings is 2. The molecule has 8 heteroatoms. The Morgan fingerprint density at radius 3 is 2.44 bits per heavy atom. The van der Waals surface area contributed by atoms with Gasteiger partial charge in [-0.2, -0.15) is 0 Å². The molecule has 6 nitrogen and oxygen atoms in total. The molecule has 32 heavy (non-hydrogen) atoms. The number of rotatable bonds is 5. The summed E-state index contributed by atoms with van der Waals surface area (Å²) < 4.78 is 19.2. The van der Waals surface area contributed by atoms with E-state index in [2.05, 4.69) is 11.8 Å². The molecule has 0 saturated carbocycles. The third-order valence-electron chi connectivity index (χ3n) is 6.12. The van der Waals surface area contributed by atoms with E-state index >= 15 is 0 Å². The van der Waals surface area contributed by atoms with Crippen molar-refractivity contribution in [3.8, 4) is 5.75 Å². The lowest BCUT2D eigenvalue weighted by Crippen LogP contribution is -2.55. The molecule has 2 aliphatic heterocycles. The maximum Gasteiger partial charge on any atom is 0.255 e. The Hall–Kier alpha value is -2.58. The summed E-state index contributed by atoms with van der Waals surface area (Å²) in [5.74, 6) is 0.507. The second kappa shape index (κ2) is 9.92. The molecule has 0 radical (unpaired) electrons. The maximum atomic E-state index is 14.0. The van der Waals surface area contributed by atoms with Crippen molar-refractivity contribution in [1.29, 1.82) is 0 Å². The summed E-state index contributed by atoms with van der Waals surface area (Å²) in [7, 11) is 1.57. The van der Waals surface area contributed by atoms with Crippen LogP contribution in [-0.4, -0.2) is 78.1 Å². The van der Waals surface area contributed by atoms with Gasteiger partial charge in [0.15, 0.2) is 0 Å². The van der Waals surface area contributed by atoms with Gasteiger partial charge in [-0.25, -0.2) is 4.39 Å². The Balaban J connectivity index is 1.62. The first-order valence-electron chi connectivity index (χ1n) is 10.9. The summed E-state index contributed by atoms with van der Waals surface area (Å²) in [6, 6.07) is 12.6. The van der Waals surface area contributed by atoms with E-state index < -0.39 is 11.4 Å². The highest BCUT2D eigenvalue weighted by Crippen LogP contribution is 2.43. The average Bonchev–Trinajstić information content (AvgIpc) is 3.28. The number of likely N-dealkylation sites (N-methyl/N-ethyl adjacent to an activating group) is 1. The molecule has 170 valence electrons. The largest absolute Gasteiger partial charge is 0.497 e. The van der Waals surface area contributed by atoms with Gasteiger partial charge in [0.05, 0.1) is 7.11 Å². The number of hydrogen-bond donors (Lipinski definition) is 0. The van der Waals surface area contributed by atoms with E-state index in [1.54, 1.807) is 42.3 Å². The molecule has 0 aliphatic carbocycles. The van der Waals surface area contributed by atoms with Gasteiger partial charge >= 0.3 is 0 Å². The fourth-order valence-electron chi connectivity index (χ4n) is 4.24. The Morgan fingerprint density at radius 1 is 1.09 bits per heavy atom. The van der Waals surface area contributed by atoms with Crippen LogP contribution in [0.15, 0.2) is 48.5 Å². The van der Waals surface area contributed by atoms with Gasteiger partial charge < -0.3 is 19.4 Å². The van der Waals surface area contributed by atoms with Crippen LogP contribution in [0.2, 0.25) is 0 Å². The van der Waals surface area contributed by atoms with Crippen LogP contribution in [0.4, 0.5) is 4.39 Å². The molecule has 2 fully saturated rings. The normalized spacial score (nSPS) is 21.6. The molecule has 2 aliphatic rings. The van der Waals surface area contributed by atoms with Crippen LogP contribution in [0.5, 0.6) is 5.75 Å². The molecule has 2 amide bonds. The molecule has 0 aromatic heterocycles. The lowest BCUT2D eigenvalue weighted by atomic mass is 10.1. The molecule has 2 aromatic rings. The van der Waals surface area contributed by atoms with Crippen LogP contribution in [-0.2, 0) is 4.79 Å². The molecule has 4 rings (SSSR count). The van der Waals surface area contributed by atoms with Crippen LogP contribution in [0, 0.1) is 5.82 Å². The van der Waals surface area contributed by atoms with Crippen LogP contribution in [0.3, 0.4) is 0 Å². The summed E-state index contributed by atoms with van der Waals surface area (Å²) in [5, 5.41) is -0.425. The SMILES string of the molecule is CCN1CCN(C(=O)C2CSC(c3cccc(F)c3)N2C(=O)c2ccc(OC)cc2)CC1. The zero-order chi connectivity index (χ0) is 22.7. The van der Waals surface area contributed by atoms with Crippen LogP contribution < -0.4 is 4.74 Å². The minimum atomic E-state index is -0.587. The molecule has 2 unspecified atom stereocenters. The first-order chi connectivity index (χ1) is 15.5. The number of ether oxygens (including phenoxy) is 1. The van der Waals surface area contributed by atoms with Gasteiger partial charge in [-0.15, -0.1) is 11.8 Å². The Kier molecular flexibility index (Phi) is 7.01. The van der Waals surface area contributed by atoms with Gasteiger partial charge in [-0.1, -0.05) is 19.1 Å². The van der Waals surface area contributed by atoms with Crippen molar-refractivity contribution >= 4 is 23.6 Å². The van der Waals surface area contributed by atoms with Crippen molar-refractivity contribution in [2.75, 3.05) is 45.6 Å². The second-order valence-corrected chi connectivity index (χ2v) is 9.07. The molecular weight excluding hydrogens is 429 g/mol. The zero-order valence-electron chi connectivity index (χ0n) is 18.4.